The van der Waals surface area contributed by atoms with Crippen LogP contribution in [0.3, 0.4) is 0 Å². The van der Waals surface area contributed by atoms with Crippen LogP contribution in [0.15, 0.2) is 12.2 Å². The number of allylic oxidation sites excluding steroid dienone is 2. The van der Waals surface area contributed by atoms with Crippen molar-refractivity contribution in [3.63, 3.8) is 0 Å². The highest BCUT2D eigenvalue weighted by atomic mass is 31.2. The normalized spacial score (nSPS) is 31.7. The van der Waals surface area contributed by atoms with Crippen LogP contribution in [-0.2, 0) is 51.6 Å². The fourth-order valence-electron chi connectivity index (χ4n) is 10.1. The lowest BCUT2D eigenvalue weighted by Gasteiger charge is -2.49. The first kappa shape index (κ1) is 72.4. The molecule has 2 heterocycles. The molecule has 0 spiro atoms. The molecule has 17 atom stereocenters. The number of carbonyl (C=O) groups is 2. The summed E-state index contributed by atoms with van der Waals surface area (Å²) in [5, 5.41) is 117. The van der Waals surface area contributed by atoms with Gasteiger partial charge in [-0.1, -0.05) is 155 Å². The number of phosphoric acid groups is 1. The second-order valence-corrected chi connectivity index (χ2v) is 23.6. The van der Waals surface area contributed by atoms with Gasteiger partial charge in [-0.2, -0.15) is 0 Å². The highest BCUT2D eigenvalue weighted by Gasteiger charge is 2.58. The number of rotatable bonds is 43. The third-order valence-corrected chi connectivity index (χ3v) is 16.2. The highest BCUT2D eigenvalue weighted by Crippen LogP contribution is 2.49. The van der Waals surface area contributed by atoms with Crippen LogP contribution in [0.1, 0.15) is 194 Å². The molecular weight excluding hydrogens is 1070 g/mol. The van der Waals surface area contributed by atoms with E-state index < -0.39 is 150 Å². The maximum Gasteiger partial charge on any atom is 0.472 e. The number of hydrogen-bond acceptors (Lipinski definition) is 22. The first-order valence-corrected chi connectivity index (χ1v) is 31.4. The zero-order valence-corrected chi connectivity index (χ0v) is 48.7. The van der Waals surface area contributed by atoms with Gasteiger partial charge in [0, 0.05) is 12.8 Å². The Labute approximate surface area is 473 Å². The van der Waals surface area contributed by atoms with Crippen LogP contribution >= 0.6 is 7.82 Å². The van der Waals surface area contributed by atoms with E-state index in [-0.39, 0.29) is 12.8 Å². The average Bonchev–Trinajstić information content (AvgIpc) is 3.46. The summed E-state index contributed by atoms with van der Waals surface area (Å²) in [6, 6.07) is 0. The Hall–Kier alpha value is -1.81. The van der Waals surface area contributed by atoms with E-state index in [9.17, 15) is 75.2 Å². The lowest BCUT2D eigenvalue weighted by Crippen LogP contribution is -2.69. The van der Waals surface area contributed by atoms with Crippen LogP contribution in [-0.4, -0.2) is 204 Å². The quantitative estimate of drug-likeness (QED) is 0.0176. The fraction of sp³-hybridized carbons (Fsp3) is 0.929. The summed E-state index contributed by atoms with van der Waals surface area (Å²) in [5.74, 6) is -0.645. The molecule has 3 rings (SSSR count). The molecule has 0 bridgehead atoms. The lowest BCUT2D eigenvalue weighted by molar-refractivity contribution is -0.360. The molecule has 80 heavy (non-hydrogen) atoms. The third kappa shape index (κ3) is 26.2. The Kier molecular flexibility index (Phi) is 36.7. The Balaban J connectivity index is 1.71. The number of aliphatic hydroxyl groups is 11. The second kappa shape index (κ2) is 40.5. The minimum absolute atomic E-state index is 0.0502. The molecule has 0 aromatic rings. The van der Waals surface area contributed by atoms with Crippen molar-refractivity contribution < 1.29 is 113 Å². The van der Waals surface area contributed by atoms with Crippen molar-refractivity contribution >= 4 is 19.8 Å². The topological polar surface area (TPSA) is 368 Å². The summed E-state index contributed by atoms with van der Waals surface area (Å²) in [5.41, 5.74) is 0. The average molecular weight is 1180 g/mol. The van der Waals surface area contributed by atoms with E-state index >= 15 is 0 Å². The maximum absolute atomic E-state index is 14.0. The van der Waals surface area contributed by atoms with Crippen molar-refractivity contribution in [2.45, 2.75) is 298 Å². The van der Waals surface area contributed by atoms with E-state index in [4.69, 9.17) is 37.5 Å². The van der Waals surface area contributed by atoms with Crippen LogP contribution in [0, 0.1) is 5.92 Å². The Morgan fingerprint density at radius 3 is 1.36 bits per heavy atom. The van der Waals surface area contributed by atoms with E-state index in [1.807, 2.05) is 0 Å². The Bertz CT molecular complexity index is 1660. The van der Waals surface area contributed by atoms with Gasteiger partial charge >= 0.3 is 19.8 Å². The van der Waals surface area contributed by atoms with Crippen LogP contribution in [0.25, 0.3) is 0 Å². The molecule has 2 aliphatic heterocycles. The molecule has 17 unspecified atom stereocenters. The Morgan fingerprint density at radius 2 is 0.900 bits per heavy atom. The summed E-state index contributed by atoms with van der Waals surface area (Å²) in [6.07, 6.45) is -3.66. The number of hydrogen-bond donors (Lipinski definition) is 12. The molecule has 12 N–H and O–H groups in total. The van der Waals surface area contributed by atoms with Crippen molar-refractivity contribution in [1.82, 2.24) is 0 Å². The van der Waals surface area contributed by atoms with Crippen LogP contribution in [0.2, 0.25) is 0 Å². The molecular formula is C56H103O23P. The summed E-state index contributed by atoms with van der Waals surface area (Å²) in [6.45, 7) is 3.31. The van der Waals surface area contributed by atoms with Gasteiger partial charge in [0.05, 0.1) is 19.8 Å². The van der Waals surface area contributed by atoms with Gasteiger partial charge < -0.3 is 89.5 Å². The van der Waals surface area contributed by atoms with Crippen molar-refractivity contribution in [2.75, 3.05) is 26.4 Å². The first-order valence-electron chi connectivity index (χ1n) is 29.9. The molecule has 1 saturated carbocycles. The summed E-state index contributed by atoms with van der Waals surface area (Å²) < 4.78 is 58.1. The molecule has 23 nitrogen and oxygen atoms in total. The third-order valence-electron chi connectivity index (χ3n) is 15.2. The smallest absolute Gasteiger partial charge is 0.462 e. The number of unbranched alkanes of at least 4 members (excludes halogenated alkanes) is 19. The predicted octanol–water partition coefficient (Wildman–Crippen LogP) is 4.17. The second-order valence-electron chi connectivity index (χ2n) is 22.1. The van der Waals surface area contributed by atoms with E-state index in [0.29, 0.717) is 25.2 Å². The molecule has 3 aliphatic rings. The van der Waals surface area contributed by atoms with Crippen LogP contribution < -0.4 is 0 Å². The zero-order valence-electron chi connectivity index (χ0n) is 47.8. The van der Waals surface area contributed by atoms with Crippen molar-refractivity contribution in [1.29, 1.82) is 0 Å². The van der Waals surface area contributed by atoms with Gasteiger partial charge in [0.25, 0.3) is 0 Å². The maximum atomic E-state index is 14.0. The minimum atomic E-state index is -5.64. The lowest BCUT2D eigenvalue weighted by atomic mass is 9.84. The number of carbonyl (C=O) groups excluding carboxylic acids is 2. The van der Waals surface area contributed by atoms with Gasteiger partial charge in [0.2, 0.25) is 0 Å². The SMILES string of the molecule is CCCCCCCCC=CCCCCCC(=O)OC(COC(=O)CCCCCCCCC(C)CCCCCCCC)COP(=O)(O)OC1C(OC2OC(CO)C(O)C(O)C2O)C(O)C(O)C(O)C1OC1OC(CO)C(O)C(O)C1O. The van der Waals surface area contributed by atoms with Gasteiger partial charge in [-0.25, -0.2) is 4.57 Å². The molecule has 0 amide bonds. The predicted molar refractivity (Wildman–Crippen MR) is 291 cm³/mol. The minimum Gasteiger partial charge on any atom is -0.462 e. The van der Waals surface area contributed by atoms with Crippen LogP contribution in [0.4, 0.5) is 0 Å². The van der Waals surface area contributed by atoms with E-state index in [2.05, 4.69) is 32.9 Å². The molecule has 0 radical (unpaired) electrons. The molecule has 1 aliphatic carbocycles. The number of phosphoric ester groups is 1. The van der Waals surface area contributed by atoms with Gasteiger partial charge in [-0.3, -0.25) is 18.6 Å². The first-order chi connectivity index (χ1) is 38.3. The summed E-state index contributed by atoms with van der Waals surface area (Å²) >= 11 is 0. The number of ether oxygens (including phenoxy) is 6. The Morgan fingerprint density at radius 1 is 0.500 bits per heavy atom. The van der Waals surface area contributed by atoms with Crippen molar-refractivity contribution in [3.05, 3.63) is 12.2 Å². The van der Waals surface area contributed by atoms with Gasteiger partial charge in [-0.05, 0) is 44.4 Å². The van der Waals surface area contributed by atoms with E-state index in [1.165, 1.54) is 83.5 Å². The fourth-order valence-corrected chi connectivity index (χ4v) is 11.1. The molecule has 24 heteroatoms. The summed E-state index contributed by atoms with van der Waals surface area (Å²) in [4.78, 5) is 37.5. The van der Waals surface area contributed by atoms with E-state index in [1.54, 1.807) is 0 Å². The largest absolute Gasteiger partial charge is 0.472 e. The standard InChI is InChI=1S/C56H103O23P/c1-4-6-8-10-12-13-14-15-16-17-18-24-28-32-42(60)74-38(35-72-41(59)31-27-23-20-19-22-26-30-37(3)29-25-21-11-9-7-5-2)36-73-80(70,71)79-54-52(77-55-50(68)45(63)43(61)39(33-57)75-55)48(66)47(65)49(67)53(54)78-56-51(69)46(64)44(62)40(34-58)76-56/h15-16,37-40,43-58,61-69H,4-14,17-36H2,1-3H3,(H,70,71). The van der Waals surface area contributed by atoms with Crippen LogP contribution in [0.5, 0.6) is 0 Å². The van der Waals surface area contributed by atoms with Gasteiger partial charge in [0.1, 0.15) is 92.1 Å². The molecule has 470 valence electrons. The van der Waals surface area contributed by atoms with E-state index in [0.717, 1.165) is 57.8 Å². The van der Waals surface area contributed by atoms with Crippen molar-refractivity contribution in [3.8, 4) is 0 Å². The van der Waals surface area contributed by atoms with Gasteiger partial charge in [-0.15, -0.1) is 0 Å². The highest BCUT2D eigenvalue weighted by molar-refractivity contribution is 7.47. The number of aliphatic hydroxyl groups excluding tert-OH is 11. The zero-order chi connectivity index (χ0) is 59.0. The molecule has 2 saturated heterocycles. The molecule has 0 aromatic heterocycles. The molecule has 0 aromatic carbocycles. The molecule has 3 fully saturated rings. The number of esters is 2. The van der Waals surface area contributed by atoms with Gasteiger partial charge in [0.15, 0.2) is 18.7 Å². The monoisotopic (exact) mass is 1170 g/mol. The summed E-state index contributed by atoms with van der Waals surface area (Å²) in [7, 11) is -5.64. The van der Waals surface area contributed by atoms with Crippen molar-refractivity contribution in [2.24, 2.45) is 5.92 Å².